The Balaban J connectivity index is 0.000000383. The molecular formula is C22H17F6NO3S. The molecule has 0 radical (unpaired) electrons. The third kappa shape index (κ3) is 6.41. The van der Waals surface area contributed by atoms with Gasteiger partial charge in [0, 0.05) is 22.7 Å². The van der Waals surface area contributed by atoms with Gasteiger partial charge in [-0.1, -0.05) is 30.3 Å². The number of benzene rings is 2. The second-order valence-electron chi connectivity index (χ2n) is 6.91. The molecule has 1 aromatic heterocycles. The fraction of sp³-hybridized carbons (Fsp3) is 0.227. The summed E-state index contributed by atoms with van der Waals surface area (Å²) in [7, 11) is 0. The summed E-state index contributed by atoms with van der Waals surface area (Å²) in [6, 6.07) is 16.0. The summed E-state index contributed by atoms with van der Waals surface area (Å²) in [5.41, 5.74) is 3.04. The molecule has 0 bridgehead atoms. The van der Waals surface area contributed by atoms with Crippen LogP contribution in [0.3, 0.4) is 0 Å². The minimum atomic E-state index is -5.08. The SMILES string of the molecule is FC(F)(F)c1sc(COc2ccc3c(c2)CCN3)cc1-c1ccccc1.O=C(O)C(F)(F)F. The van der Waals surface area contributed by atoms with Crippen LogP contribution in [0, 0.1) is 0 Å². The number of ether oxygens (including phenoxy) is 1. The number of hydrogen-bond acceptors (Lipinski definition) is 4. The van der Waals surface area contributed by atoms with E-state index in [2.05, 4.69) is 5.32 Å². The van der Waals surface area contributed by atoms with Gasteiger partial charge in [0.25, 0.3) is 0 Å². The highest BCUT2D eigenvalue weighted by Crippen LogP contribution is 2.43. The summed E-state index contributed by atoms with van der Waals surface area (Å²) >= 11 is 0.744. The van der Waals surface area contributed by atoms with Crippen LogP contribution in [0.25, 0.3) is 11.1 Å². The lowest BCUT2D eigenvalue weighted by Gasteiger charge is -2.07. The number of carboxylic acid groups (broad SMARTS) is 1. The predicted molar refractivity (Wildman–Crippen MR) is 111 cm³/mol. The highest BCUT2D eigenvalue weighted by Gasteiger charge is 2.38. The third-order valence-corrected chi connectivity index (χ3v) is 5.69. The maximum Gasteiger partial charge on any atom is 0.490 e. The van der Waals surface area contributed by atoms with E-state index in [4.69, 9.17) is 14.6 Å². The zero-order valence-corrected chi connectivity index (χ0v) is 17.6. The molecule has 4 nitrogen and oxygen atoms in total. The van der Waals surface area contributed by atoms with Crippen LogP contribution < -0.4 is 10.1 Å². The molecule has 0 unspecified atom stereocenters. The number of aliphatic carboxylic acids is 1. The van der Waals surface area contributed by atoms with E-state index in [0.717, 1.165) is 30.0 Å². The molecule has 2 N–H and O–H groups in total. The Bertz CT molecular complexity index is 1110. The average molecular weight is 489 g/mol. The van der Waals surface area contributed by atoms with Gasteiger partial charge in [0.1, 0.15) is 17.2 Å². The zero-order chi connectivity index (χ0) is 24.2. The van der Waals surface area contributed by atoms with Gasteiger partial charge in [-0.15, -0.1) is 11.3 Å². The summed E-state index contributed by atoms with van der Waals surface area (Å²) in [4.78, 5) is 8.86. The fourth-order valence-electron chi connectivity index (χ4n) is 3.08. The van der Waals surface area contributed by atoms with Gasteiger partial charge in [-0.05, 0) is 41.8 Å². The number of thiophene rings is 1. The number of carboxylic acids is 1. The summed E-state index contributed by atoms with van der Waals surface area (Å²) in [5.74, 6) is -2.08. The van der Waals surface area contributed by atoms with Crippen LogP contribution in [-0.4, -0.2) is 23.8 Å². The molecule has 0 spiro atoms. The number of alkyl halides is 6. The molecule has 1 aliphatic rings. The highest BCUT2D eigenvalue weighted by atomic mass is 32.1. The molecule has 0 fully saturated rings. The second kappa shape index (κ2) is 9.74. The smallest absolute Gasteiger partial charge is 0.488 e. The van der Waals surface area contributed by atoms with E-state index >= 15 is 0 Å². The number of rotatable bonds is 4. The molecule has 4 rings (SSSR count). The Morgan fingerprint density at radius 1 is 1.03 bits per heavy atom. The molecule has 176 valence electrons. The molecule has 11 heteroatoms. The van der Waals surface area contributed by atoms with E-state index in [9.17, 15) is 26.3 Å². The fourth-order valence-corrected chi connectivity index (χ4v) is 4.04. The Kier molecular flexibility index (Phi) is 7.21. The first-order chi connectivity index (χ1) is 15.4. The van der Waals surface area contributed by atoms with Gasteiger partial charge < -0.3 is 15.2 Å². The maximum atomic E-state index is 13.4. The summed E-state index contributed by atoms with van der Waals surface area (Å²) in [5, 5.41) is 10.4. The topological polar surface area (TPSA) is 58.6 Å². The lowest BCUT2D eigenvalue weighted by molar-refractivity contribution is -0.192. The first-order valence-electron chi connectivity index (χ1n) is 9.50. The summed E-state index contributed by atoms with van der Waals surface area (Å²) in [6.45, 7) is 1.02. The van der Waals surface area contributed by atoms with Crippen molar-refractivity contribution in [2.24, 2.45) is 0 Å². The molecule has 2 aromatic carbocycles. The lowest BCUT2D eigenvalue weighted by atomic mass is 10.1. The molecule has 33 heavy (non-hydrogen) atoms. The molecule has 1 aliphatic heterocycles. The maximum absolute atomic E-state index is 13.4. The van der Waals surface area contributed by atoms with Gasteiger partial charge in [0.15, 0.2) is 0 Å². The van der Waals surface area contributed by atoms with Gasteiger partial charge in [-0.3, -0.25) is 0 Å². The van der Waals surface area contributed by atoms with Crippen molar-refractivity contribution < 1.29 is 41.0 Å². The predicted octanol–water partition coefficient (Wildman–Crippen LogP) is 6.61. The largest absolute Gasteiger partial charge is 0.490 e. The van der Waals surface area contributed by atoms with E-state index in [1.54, 1.807) is 36.4 Å². The number of halogens is 6. The lowest BCUT2D eigenvalue weighted by Crippen LogP contribution is -2.21. The molecule has 3 aromatic rings. The Morgan fingerprint density at radius 2 is 1.70 bits per heavy atom. The summed E-state index contributed by atoms with van der Waals surface area (Å²) in [6.07, 6.45) is -8.53. The number of nitrogens with one attached hydrogen (secondary N) is 1. The van der Waals surface area contributed by atoms with Crippen molar-refractivity contribution in [1.82, 2.24) is 0 Å². The van der Waals surface area contributed by atoms with Crippen molar-refractivity contribution in [1.29, 1.82) is 0 Å². The minimum absolute atomic E-state index is 0.118. The van der Waals surface area contributed by atoms with Crippen LogP contribution in [0.1, 0.15) is 15.3 Å². The van der Waals surface area contributed by atoms with Gasteiger partial charge in [0.2, 0.25) is 0 Å². The number of hydrogen-bond donors (Lipinski definition) is 2. The van der Waals surface area contributed by atoms with Crippen LogP contribution >= 0.6 is 11.3 Å². The molecule has 2 heterocycles. The second-order valence-corrected chi connectivity index (χ2v) is 8.04. The van der Waals surface area contributed by atoms with E-state index in [1.807, 2.05) is 18.2 Å². The van der Waals surface area contributed by atoms with Crippen LogP contribution in [0.15, 0.2) is 54.6 Å². The van der Waals surface area contributed by atoms with E-state index < -0.39 is 23.2 Å². The molecule has 0 aliphatic carbocycles. The monoisotopic (exact) mass is 489 g/mol. The van der Waals surface area contributed by atoms with Crippen LogP contribution in [0.5, 0.6) is 5.75 Å². The van der Waals surface area contributed by atoms with Crippen molar-refractivity contribution in [3.63, 3.8) is 0 Å². The molecular weight excluding hydrogens is 472 g/mol. The number of fused-ring (bicyclic) bond motifs is 1. The van der Waals surface area contributed by atoms with Gasteiger partial charge in [-0.25, -0.2) is 4.79 Å². The van der Waals surface area contributed by atoms with E-state index in [-0.39, 0.29) is 12.2 Å². The van der Waals surface area contributed by atoms with Crippen molar-refractivity contribution in [2.75, 3.05) is 11.9 Å². The quantitative estimate of drug-likeness (QED) is 0.405. The number of anilines is 1. The third-order valence-electron chi connectivity index (χ3n) is 4.54. The van der Waals surface area contributed by atoms with Crippen molar-refractivity contribution in [3.05, 3.63) is 69.9 Å². The molecule has 0 amide bonds. The first-order valence-corrected chi connectivity index (χ1v) is 10.3. The average Bonchev–Trinajstić information content (AvgIpc) is 3.39. The molecule has 0 saturated heterocycles. The normalized spacial score (nSPS) is 12.9. The van der Waals surface area contributed by atoms with E-state index in [1.165, 1.54) is 5.56 Å². The Hall–Kier alpha value is -3.21. The van der Waals surface area contributed by atoms with Crippen molar-refractivity contribution >= 4 is 23.0 Å². The molecule has 0 atom stereocenters. The standard InChI is InChI=1S/C20H16F3NOS.C2HF3O2/c21-20(22,23)19-17(13-4-2-1-3-5-13)11-16(26-19)12-25-15-6-7-18-14(10-15)8-9-24-18;3-2(4,5)1(6)7/h1-7,10-11,24H,8-9,12H2;(H,6,7). The summed E-state index contributed by atoms with van der Waals surface area (Å²) < 4.78 is 77.8. The van der Waals surface area contributed by atoms with Crippen LogP contribution in [0.2, 0.25) is 0 Å². The van der Waals surface area contributed by atoms with Crippen LogP contribution in [0.4, 0.5) is 32.0 Å². The van der Waals surface area contributed by atoms with Crippen LogP contribution in [-0.2, 0) is 24.0 Å². The van der Waals surface area contributed by atoms with Gasteiger partial charge in [-0.2, -0.15) is 26.3 Å². The molecule has 0 saturated carbocycles. The van der Waals surface area contributed by atoms with E-state index in [0.29, 0.717) is 16.2 Å². The minimum Gasteiger partial charge on any atom is -0.488 e. The first kappa shape index (κ1) is 24.4. The number of carbonyl (C=O) groups is 1. The van der Waals surface area contributed by atoms with Crippen molar-refractivity contribution in [3.8, 4) is 16.9 Å². The zero-order valence-electron chi connectivity index (χ0n) is 16.8. The van der Waals surface area contributed by atoms with Gasteiger partial charge >= 0.3 is 18.3 Å². The Labute approximate surface area is 188 Å². The van der Waals surface area contributed by atoms with Crippen molar-refractivity contribution in [2.45, 2.75) is 25.4 Å². The van der Waals surface area contributed by atoms with Gasteiger partial charge in [0.05, 0.1) is 0 Å². The highest BCUT2D eigenvalue weighted by molar-refractivity contribution is 7.12. The Morgan fingerprint density at radius 3 is 2.30 bits per heavy atom.